The Hall–Kier alpha value is -1.38. The Bertz CT molecular complexity index is 283. The molecule has 0 aromatic carbocycles. The molecule has 0 atom stereocenters. The summed E-state index contributed by atoms with van der Waals surface area (Å²) >= 11 is 0. The Kier molecular flexibility index (Phi) is 2.21. The standard InChI is InChI=1S/C8H11N3/c1-4-9-8-7(6(2)3)10-5-11-8/h4-5H,2H2,1,3H3,(H,10,11)/b9-4-. The van der Waals surface area contributed by atoms with Gasteiger partial charge in [0.2, 0.25) is 0 Å². The van der Waals surface area contributed by atoms with Crippen LogP contribution in [0, 0.1) is 0 Å². The van der Waals surface area contributed by atoms with E-state index in [-0.39, 0.29) is 0 Å². The van der Waals surface area contributed by atoms with E-state index < -0.39 is 0 Å². The Labute approximate surface area is 65.9 Å². The molecule has 0 amide bonds. The number of H-pyrrole nitrogens is 1. The van der Waals surface area contributed by atoms with E-state index in [2.05, 4.69) is 21.5 Å². The molecule has 11 heavy (non-hydrogen) atoms. The van der Waals surface area contributed by atoms with Crippen LogP contribution in [0.3, 0.4) is 0 Å². The normalized spacial score (nSPS) is 10.7. The molecule has 58 valence electrons. The maximum Gasteiger partial charge on any atom is 0.177 e. The number of aliphatic imine (C=N–C) groups is 1. The first kappa shape index (κ1) is 7.72. The molecule has 0 aliphatic heterocycles. The summed E-state index contributed by atoms with van der Waals surface area (Å²) in [4.78, 5) is 11.0. The molecule has 0 saturated heterocycles. The molecule has 1 aromatic rings. The second-order valence-corrected chi connectivity index (χ2v) is 2.27. The smallest absolute Gasteiger partial charge is 0.177 e. The topological polar surface area (TPSA) is 41.0 Å². The molecule has 0 fully saturated rings. The van der Waals surface area contributed by atoms with Crippen molar-refractivity contribution in [2.24, 2.45) is 4.99 Å². The van der Waals surface area contributed by atoms with Gasteiger partial charge < -0.3 is 4.98 Å². The Morgan fingerprint density at radius 1 is 1.82 bits per heavy atom. The van der Waals surface area contributed by atoms with E-state index in [0.717, 1.165) is 11.3 Å². The summed E-state index contributed by atoms with van der Waals surface area (Å²) in [6.07, 6.45) is 3.33. The number of hydrogen-bond donors (Lipinski definition) is 1. The minimum absolute atomic E-state index is 0.708. The molecule has 0 unspecified atom stereocenters. The average Bonchev–Trinajstić information content (AvgIpc) is 2.36. The molecule has 1 aromatic heterocycles. The van der Waals surface area contributed by atoms with Crippen molar-refractivity contribution in [1.29, 1.82) is 0 Å². The van der Waals surface area contributed by atoms with Crippen LogP contribution in [-0.2, 0) is 0 Å². The molecule has 1 N–H and O–H groups in total. The Morgan fingerprint density at radius 2 is 2.55 bits per heavy atom. The summed E-state index contributed by atoms with van der Waals surface area (Å²) in [5.74, 6) is 0.708. The van der Waals surface area contributed by atoms with Gasteiger partial charge in [0.25, 0.3) is 0 Å². The maximum absolute atomic E-state index is 4.06. The maximum atomic E-state index is 4.06. The Balaban J connectivity index is 3.05. The summed E-state index contributed by atoms with van der Waals surface area (Å²) in [5, 5.41) is 0. The van der Waals surface area contributed by atoms with Crippen LogP contribution in [-0.4, -0.2) is 16.2 Å². The lowest BCUT2D eigenvalue weighted by Gasteiger charge is -1.93. The number of hydrogen-bond acceptors (Lipinski definition) is 2. The van der Waals surface area contributed by atoms with E-state index in [1.165, 1.54) is 0 Å². The number of allylic oxidation sites excluding steroid dienone is 1. The number of imidazole rings is 1. The molecule has 0 aliphatic carbocycles. The van der Waals surface area contributed by atoms with E-state index in [1.54, 1.807) is 12.5 Å². The van der Waals surface area contributed by atoms with Crippen molar-refractivity contribution in [2.45, 2.75) is 13.8 Å². The van der Waals surface area contributed by atoms with Gasteiger partial charge in [-0.05, 0) is 19.4 Å². The van der Waals surface area contributed by atoms with Gasteiger partial charge in [-0.2, -0.15) is 0 Å². The van der Waals surface area contributed by atoms with Crippen LogP contribution in [0.2, 0.25) is 0 Å². The van der Waals surface area contributed by atoms with Crippen LogP contribution >= 0.6 is 0 Å². The number of rotatable bonds is 2. The number of aromatic amines is 1. The summed E-state index contributed by atoms with van der Waals surface area (Å²) in [6, 6.07) is 0. The minimum atomic E-state index is 0.708. The minimum Gasteiger partial charge on any atom is -0.343 e. The second kappa shape index (κ2) is 3.14. The molecular formula is C8H11N3. The zero-order valence-corrected chi connectivity index (χ0v) is 6.76. The molecule has 3 nitrogen and oxygen atoms in total. The molecule has 0 spiro atoms. The highest BCUT2D eigenvalue weighted by molar-refractivity contribution is 5.70. The SMILES string of the molecule is C=C(C)c1[nH]cnc1/N=C\C. The molecule has 1 rings (SSSR count). The predicted octanol–water partition coefficient (Wildman–Crippen LogP) is 2.17. The van der Waals surface area contributed by atoms with Crippen molar-refractivity contribution in [3.8, 4) is 0 Å². The lowest BCUT2D eigenvalue weighted by molar-refractivity contribution is 1.29. The number of aromatic nitrogens is 2. The predicted molar refractivity (Wildman–Crippen MR) is 47.1 cm³/mol. The highest BCUT2D eigenvalue weighted by atomic mass is 15.0. The van der Waals surface area contributed by atoms with Crippen LogP contribution in [0.15, 0.2) is 17.9 Å². The van der Waals surface area contributed by atoms with Crippen LogP contribution in [0.5, 0.6) is 0 Å². The lowest BCUT2D eigenvalue weighted by Crippen LogP contribution is -1.77. The van der Waals surface area contributed by atoms with Crippen molar-refractivity contribution in [3.63, 3.8) is 0 Å². The summed E-state index contributed by atoms with van der Waals surface area (Å²) in [5.41, 5.74) is 1.85. The van der Waals surface area contributed by atoms with Crippen molar-refractivity contribution >= 4 is 17.6 Å². The van der Waals surface area contributed by atoms with Gasteiger partial charge >= 0.3 is 0 Å². The van der Waals surface area contributed by atoms with Crippen molar-refractivity contribution in [3.05, 3.63) is 18.6 Å². The lowest BCUT2D eigenvalue weighted by atomic mass is 10.2. The number of nitrogens with one attached hydrogen (secondary N) is 1. The first-order valence-corrected chi connectivity index (χ1v) is 3.43. The largest absolute Gasteiger partial charge is 0.343 e. The fourth-order valence-corrected chi connectivity index (χ4v) is 0.821. The molecule has 1 heterocycles. The van der Waals surface area contributed by atoms with E-state index in [0.29, 0.717) is 5.82 Å². The monoisotopic (exact) mass is 149 g/mol. The van der Waals surface area contributed by atoms with Gasteiger partial charge in [-0.15, -0.1) is 0 Å². The third-order valence-corrected chi connectivity index (χ3v) is 1.30. The first-order valence-electron chi connectivity index (χ1n) is 3.43. The molecule has 0 bridgehead atoms. The number of nitrogens with zero attached hydrogens (tertiary/aromatic N) is 2. The van der Waals surface area contributed by atoms with Gasteiger partial charge in [-0.3, -0.25) is 0 Å². The van der Waals surface area contributed by atoms with E-state index in [1.807, 2.05) is 13.8 Å². The Morgan fingerprint density at radius 3 is 3.09 bits per heavy atom. The van der Waals surface area contributed by atoms with Crippen molar-refractivity contribution in [2.75, 3.05) is 0 Å². The zero-order chi connectivity index (χ0) is 8.27. The third kappa shape index (κ3) is 1.55. The van der Waals surface area contributed by atoms with Crippen molar-refractivity contribution in [1.82, 2.24) is 9.97 Å². The summed E-state index contributed by atoms with van der Waals surface area (Å²) < 4.78 is 0. The van der Waals surface area contributed by atoms with Gasteiger partial charge in [0, 0.05) is 6.21 Å². The summed E-state index contributed by atoms with van der Waals surface area (Å²) in [7, 11) is 0. The van der Waals surface area contributed by atoms with Crippen LogP contribution in [0.1, 0.15) is 19.5 Å². The molecule has 0 saturated carbocycles. The average molecular weight is 149 g/mol. The van der Waals surface area contributed by atoms with Gasteiger partial charge in [-0.25, -0.2) is 9.98 Å². The molecule has 3 heteroatoms. The van der Waals surface area contributed by atoms with Gasteiger partial charge in [0.15, 0.2) is 5.82 Å². The zero-order valence-electron chi connectivity index (χ0n) is 6.76. The van der Waals surface area contributed by atoms with Crippen LogP contribution in [0.4, 0.5) is 5.82 Å². The van der Waals surface area contributed by atoms with Crippen molar-refractivity contribution < 1.29 is 0 Å². The van der Waals surface area contributed by atoms with Crippen LogP contribution in [0.25, 0.3) is 5.57 Å². The van der Waals surface area contributed by atoms with E-state index in [9.17, 15) is 0 Å². The molecular weight excluding hydrogens is 138 g/mol. The quantitative estimate of drug-likeness (QED) is 0.643. The van der Waals surface area contributed by atoms with Gasteiger partial charge in [0.05, 0.1) is 12.0 Å². The third-order valence-electron chi connectivity index (χ3n) is 1.30. The summed E-state index contributed by atoms with van der Waals surface area (Å²) in [6.45, 7) is 7.57. The second-order valence-electron chi connectivity index (χ2n) is 2.27. The van der Waals surface area contributed by atoms with Crippen LogP contribution < -0.4 is 0 Å². The molecule has 0 aliphatic rings. The highest BCUT2D eigenvalue weighted by Crippen LogP contribution is 2.19. The fraction of sp³-hybridized carbons (Fsp3) is 0.250. The fourth-order valence-electron chi connectivity index (χ4n) is 0.821. The highest BCUT2D eigenvalue weighted by Gasteiger charge is 2.02. The first-order chi connectivity index (χ1) is 5.25. The van der Waals surface area contributed by atoms with Gasteiger partial charge in [-0.1, -0.05) is 6.58 Å². The molecule has 0 radical (unpaired) electrons. The van der Waals surface area contributed by atoms with Gasteiger partial charge in [0.1, 0.15) is 0 Å². The van der Waals surface area contributed by atoms with E-state index in [4.69, 9.17) is 0 Å². The van der Waals surface area contributed by atoms with E-state index >= 15 is 0 Å².